The third-order valence-electron chi connectivity index (χ3n) is 3.65. The zero-order valence-corrected chi connectivity index (χ0v) is 12.3. The molecule has 0 aromatic heterocycles. The number of carbonyl (C=O) groups is 1. The Kier molecular flexibility index (Phi) is 4.19. The Balaban J connectivity index is 2.55. The molecule has 1 fully saturated rings. The first-order valence-electron chi connectivity index (χ1n) is 6.25. The van der Waals surface area contributed by atoms with Crippen molar-refractivity contribution >= 4 is 15.7 Å². The van der Waals surface area contributed by atoms with Crippen LogP contribution in [-0.4, -0.2) is 43.1 Å². The second-order valence-electron chi connectivity index (χ2n) is 4.70. The summed E-state index contributed by atoms with van der Waals surface area (Å²) in [6.45, 7) is 0.239. The van der Waals surface area contributed by atoms with E-state index in [0.29, 0.717) is 12.2 Å². The van der Waals surface area contributed by atoms with E-state index < -0.39 is 20.6 Å². The van der Waals surface area contributed by atoms with Gasteiger partial charge in [-0.1, -0.05) is 0 Å². The van der Waals surface area contributed by atoms with Gasteiger partial charge < -0.3 is 4.74 Å². The van der Waals surface area contributed by atoms with E-state index in [4.69, 9.17) is 15.8 Å². The van der Waals surface area contributed by atoms with Crippen LogP contribution in [0.1, 0.15) is 12.8 Å². The average Bonchev–Trinajstić information content (AvgIpc) is 2.89. The summed E-state index contributed by atoms with van der Waals surface area (Å²) in [5.41, 5.74) is 1.41. The highest BCUT2D eigenvalue weighted by Gasteiger charge is 2.57. The molecule has 1 unspecified atom stereocenters. The quantitative estimate of drug-likeness (QED) is 0.394. The topological polar surface area (TPSA) is 122 Å². The summed E-state index contributed by atoms with van der Waals surface area (Å²) in [6.07, 6.45) is 0.434. The zero-order valence-electron chi connectivity index (χ0n) is 11.4. The number of hydrazine groups is 1. The molecular weight excluding hydrogens is 298 g/mol. The van der Waals surface area contributed by atoms with Gasteiger partial charge in [-0.05, 0) is 37.1 Å². The van der Waals surface area contributed by atoms with E-state index in [2.05, 4.69) is 0 Å². The van der Waals surface area contributed by atoms with E-state index in [1.165, 1.54) is 36.9 Å². The van der Waals surface area contributed by atoms with Gasteiger partial charge in [0.15, 0.2) is 0 Å². The highest BCUT2D eigenvalue weighted by atomic mass is 32.2. The number of benzene rings is 1. The Morgan fingerprint density at radius 1 is 1.43 bits per heavy atom. The van der Waals surface area contributed by atoms with E-state index in [9.17, 15) is 13.2 Å². The second kappa shape index (κ2) is 5.60. The summed E-state index contributed by atoms with van der Waals surface area (Å²) < 4.78 is 30.6. The number of hydrogen-bond acceptors (Lipinski definition) is 7. The van der Waals surface area contributed by atoms with Crippen LogP contribution < -0.4 is 16.1 Å². The van der Waals surface area contributed by atoms with Crippen LogP contribution in [0.4, 0.5) is 0 Å². The predicted octanol–water partition coefficient (Wildman–Crippen LogP) is -0.360. The minimum atomic E-state index is -4.11. The van der Waals surface area contributed by atoms with Gasteiger partial charge in [0.05, 0.1) is 12.0 Å². The number of amides is 1. The Hall–Kier alpha value is -1.68. The van der Waals surface area contributed by atoms with Crippen molar-refractivity contribution in [3.63, 3.8) is 0 Å². The molecule has 116 valence electrons. The van der Waals surface area contributed by atoms with Crippen LogP contribution in [0.25, 0.3) is 0 Å². The maximum atomic E-state index is 12.8. The van der Waals surface area contributed by atoms with Crippen LogP contribution in [0.15, 0.2) is 29.2 Å². The van der Waals surface area contributed by atoms with E-state index in [0.717, 1.165) is 5.01 Å². The number of ether oxygens (including phenoxy) is 1. The minimum Gasteiger partial charge on any atom is -0.497 e. The lowest BCUT2D eigenvalue weighted by Crippen LogP contribution is -2.62. The van der Waals surface area contributed by atoms with Crippen LogP contribution in [0.2, 0.25) is 0 Å². The Morgan fingerprint density at radius 2 is 2.05 bits per heavy atom. The molecule has 1 aliphatic rings. The number of sulfone groups is 1. The Morgan fingerprint density at radius 3 is 2.48 bits per heavy atom. The maximum Gasteiger partial charge on any atom is 0.281 e. The Bertz CT molecular complexity index is 631. The molecular formula is C12H17N3O5S. The van der Waals surface area contributed by atoms with Gasteiger partial charge in [-0.3, -0.25) is 15.8 Å². The molecule has 21 heavy (non-hydrogen) atoms. The molecule has 0 spiro atoms. The highest BCUT2D eigenvalue weighted by molar-refractivity contribution is 7.93. The maximum absolute atomic E-state index is 12.8. The molecule has 1 aromatic rings. The van der Waals surface area contributed by atoms with Gasteiger partial charge in [0, 0.05) is 6.54 Å². The van der Waals surface area contributed by atoms with Crippen molar-refractivity contribution < 1.29 is 23.2 Å². The van der Waals surface area contributed by atoms with Crippen molar-refractivity contribution in [1.29, 1.82) is 0 Å². The molecule has 0 saturated carbocycles. The van der Waals surface area contributed by atoms with Crippen molar-refractivity contribution in [1.82, 2.24) is 10.5 Å². The molecule has 1 atom stereocenters. The van der Waals surface area contributed by atoms with Crippen molar-refractivity contribution in [3.8, 4) is 5.75 Å². The molecule has 1 saturated heterocycles. The van der Waals surface area contributed by atoms with Gasteiger partial charge in [-0.2, -0.15) is 0 Å². The summed E-state index contributed by atoms with van der Waals surface area (Å²) in [6, 6.07) is 5.64. The summed E-state index contributed by atoms with van der Waals surface area (Å²) in [7, 11) is -2.65. The summed E-state index contributed by atoms with van der Waals surface area (Å²) in [4.78, 5) is 9.93. The van der Waals surface area contributed by atoms with Gasteiger partial charge in [0.1, 0.15) is 5.75 Å². The average molecular weight is 315 g/mol. The lowest BCUT2D eigenvalue weighted by molar-refractivity contribution is -0.136. The van der Waals surface area contributed by atoms with Crippen LogP contribution in [0.3, 0.4) is 0 Å². The third kappa shape index (κ3) is 2.27. The van der Waals surface area contributed by atoms with E-state index >= 15 is 0 Å². The smallest absolute Gasteiger partial charge is 0.281 e. The first-order valence-corrected chi connectivity index (χ1v) is 7.74. The molecule has 2 rings (SSSR count). The SMILES string of the molecule is COc1ccc(S(=O)(=O)C2(C(=O)NO)CCCN2N)cc1. The molecule has 0 bridgehead atoms. The molecule has 1 amide bonds. The fourth-order valence-electron chi connectivity index (χ4n) is 2.51. The number of rotatable bonds is 4. The van der Waals surface area contributed by atoms with Gasteiger partial charge >= 0.3 is 0 Å². The normalized spacial score (nSPS) is 23.0. The monoisotopic (exact) mass is 315 g/mol. The molecule has 1 heterocycles. The van der Waals surface area contributed by atoms with Crippen molar-refractivity contribution in [2.75, 3.05) is 13.7 Å². The lowest BCUT2D eigenvalue weighted by Gasteiger charge is -2.32. The van der Waals surface area contributed by atoms with E-state index in [1.807, 2.05) is 0 Å². The molecule has 0 radical (unpaired) electrons. The minimum absolute atomic E-state index is 0.00422. The summed E-state index contributed by atoms with van der Waals surface area (Å²) in [5, 5.41) is 9.86. The van der Waals surface area contributed by atoms with Gasteiger partial charge in [-0.15, -0.1) is 0 Å². The number of methoxy groups -OCH3 is 1. The highest BCUT2D eigenvalue weighted by Crippen LogP contribution is 2.37. The molecule has 0 aliphatic carbocycles. The third-order valence-corrected chi connectivity index (χ3v) is 6.06. The summed E-state index contributed by atoms with van der Waals surface area (Å²) in [5.74, 6) is 5.16. The Labute approximate surface area is 122 Å². The van der Waals surface area contributed by atoms with Crippen molar-refractivity contribution in [3.05, 3.63) is 24.3 Å². The van der Waals surface area contributed by atoms with E-state index in [-0.39, 0.29) is 17.9 Å². The molecule has 9 heteroatoms. The van der Waals surface area contributed by atoms with Gasteiger partial charge in [0.2, 0.25) is 14.7 Å². The fraction of sp³-hybridized carbons (Fsp3) is 0.417. The van der Waals surface area contributed by atoms with Crippen LogP contribution in [0.5, 0.6) is 5.75 Å². The van der Waals surface area contributed by atoms with Crippen molar-refractivity contribution in [2.24, 2.45) is 5.84 Å². The number of hydroxylamine groups is 1. The number of nitrogens with two attached hydrogens (primary N) is 1. The molecule has 1 aliphatic heterocycles. The standard InChI is InChI=1S/C12H17N3O5S/c1-20-9-3-5-10(6-4-9)21(18,19)12(11(16)14-17)7-2-8-15(12)13/h3-6,17H,2,7-8,13H2,1H3,(H,14,16). The van der Waals surface area contributed by atoms with Crippen LogP contribution >= 0.6 is 0 Å². The van der Waals surface area contributed by atoms with Gasteiger partial charge in [0.25, 0.3) is 5.91 Å². The first kappa shape index (κ1) is 15.7. The molecule has 1 aromatic carbocycles. The van der Waals surface area contributed by atoms with Crippen molar-refractivity contribution in [2.45, 2.75) is 22.6 Å². The number of nitrogens with one attached hydrogen (secondary N) is 1. The number of nitrogens with zero attached hydrogens (tertiary/aromatic N) is 1. The lowest BCUT2D eigenvalue weighted by atomic mass is 10.2. The van der Waals surface area contributed by atoms with Crippen LogP contribution in [0, 0.1) is 0 Å². The molecule has 4 N–H and O–H groups in total. The zero-order chi connectivity index (χ0) is 15.7. The largest absolute Gasteiger partial charge is 0.497 e. The second-order valence-corrected chi connectivity index (χ2v) is 6.85. The number of hydrogen-bond donors (Lipinski definition) is 3. The van der Waals surface area contributed by atoms with Crippen LogP contribution in [-0.2, 0) is 14.6 Å². The van der Waals surface area contributed by atoms with Gasteiger partial charge in [-0.25, -0.2) is 18.9 Å². The first-order chi connectivity index (χ1) is 9.90. The summed E-state index contributed by atoms with van der Waals surface area (Å²) >= 11 is 0. The molecule has 8 nitrogen and oxygen atoms in total. The van der Waals surface area contributed by atoms with E-state index in [1.54, 1.807) is 0 Å². The number of carbonyl (C=O) groups excluding carboxylic acids is 1. The fourth-order valence-corrected chi connectivity index (χ4v) is 4.49. The predicted molar refractivity (Wildman–Crippen MR) is 73.0 cm³/mol.